The molecule has 0 radical (unpaired) electrons. The van der Waals surface area contributed by atoms with E-state index in [0.717, 1.165) is 12.8 Å². The first-order valence-electron chi connectivity index (χ1n) is 7.08. The zero-order valence-corrected chi connectivity index (χ0v) is 11.3. The van der Waals surface area contributed by atoms with E-state index in [1.54, 1.807) is 35.4 Å². The molecule has 2 heterocycles. The van der Waals surface area contributed by atoms with Crippen LogP contribution in [0.15, 0.2) is 37.1 Å². The molecule has 5 nitrogen and oxygen atoms in total. The third-order valence-corrected chi connectivity index (χ3v) is 3.72. The highest BCUT2D eigenvalue weighted by Gasteiger charge is 2.17. The fourth-order valence-corrected chi connectivity index (χ4v) is 2.61. The maximum atomic E-state index is 12.3. The lowest BCUT2D eigenvalue weighted by Gasteiger charge is -2.22. The predicted molar refractivity (Wildman–Crippen MR) is 75.7 cm³/mol. The maximum Gasteiger partial charge on any atom is 0.251 e. The van der Waals surface area contributed by atoms with Crippen LogP contribution in [0.3, 0.4) is 0 Å². The second-order valence-corrected chi connectivity index (χ2v) is 5.18. The largest absolute Gasteiger partial charge is 0.349 e. The highest BCUT2D eigenvalue weighted by Crippen LogP contribution is 2.18. The Hall–Kier alpha value is -2.17. The van der Waals surface area contributed by atoms with Gasteiger partial charge >= 0.3 is 0 Å². The molecule has 2 aromatic heterocycles. The molecule has 1 saturated carbocycles. The summed E-state index contributed by atoms with van der Waals surface area (Å²) in [5.74, 6) is 0.694. The van der Waals surface area contributed by atoms with Gasteiger partial charge in [0.1, 0.15) is 12.1 Å². The smallest absolute Gasteiger partial charge is 0.251 e. The van der Waals surface area contributed by atoms with Crippen LogP contribution in [0.4, 0.5) is 0 Å². The van der Waals surface area contributed by atoms with Gasteiger partial charge in [-0.1, -0.05) is 19.3 Å². The minimum absolute atomic E-state index is 0.0133. The molecule has 1 N–H and O–H groups in total. The Bertz CT molecular complexity index is 573. The minimum atomic E-state index is -0.0133. The standard InChI is InChI=1S/C15H18N4O/c20-15(18-13-4-2-1-3-5-13)12-6-7-17-14(10-12)19-9-8-16-11-19/h6-11,13H,1-5H2,(H,18,20). The van der Waals surface area contributed by atoms with Crippen molar-refractivity contribution >= 4 is 5.91 Å². The average Bonchev–Trinajstić information content (AvgIpc) is 3.03. The van der Waals surface area contributed by atoms with Gasteiger partial charge in [0.05, 0.1) is 0 Å². The van der Waals surface area contributed by atoms with Crippen LogP contribution < -0.4 is 5.32 Å². The molecule has 0 aromatic carbocycles. The number of pyridine rings is 1. The third-order valence-electron chi connectivity index (χ3n) is 3.72. The van der Waals surface area contributed by atoms with Crippen molar-refractivity contribution in [1.82, 2.24) is 19.9 Å². The van der Waals surface area contributed by atoms with Gasteiger partial charge < -0.3 is 5.32 Å². The van der Waals surface area contributed by atoms with Gasteiger partial charge in [0, 0.05) is 30.2 Å². The van der Waals surface area contributed by atoms with Gasteiger partial charge in [0.15, 0.2) is 0 Å². The number of aromatic nitrogens is 3. The third kappa shape index (κ3) is 2.87. The number of imidazole rings is 1. The Morgan fingerprint density at radius 3 is 2.85 bits per heavy atom. The van der Waals surface area contributed by atoms with Gasteiger partial charge in [-0.25, -0.2) is 9.97 Å². The van der Waals surface area contributed by atoms with Crippen molar-refractivity contribution in [3.05, 3.63) is 42.6 Å². The Labute approximate surface area is 118 Å². The van der Waals surface area contributed by atoms with Crippen molar-refractivity contribution < 1.29 is 4.79 Å². The number of hydrogen-bond acceptors (Lipinski definition) is 3. The first-order valence-corrected chi connectivity index (χ1v) is 7.08. The molecule has 1 aliphatic rings. The van der Waals surface area contributed by atoms with E-state index in [1.165, 1.54) is 19.3 Å². The van der Waals surface area contributed by atoms with Crippen molar-refractivity contribution in [3.8, 4) is 5.82 Å². The molecule has 5 heteroatoms. The van der Waals surface area contributed by atoms with Crippen molar-refractivity contribution in [2.75, 3.05) is 0 Å². The molecule has 1 fully saturated rings. The molecule has 1 amide bonds. The Balaban J connectivity index is 1.73. The first kappa shape index (κ1) is 12.8. The van der Waals surface area contributed by atoms with Gasteiger partial charge in [0.25, 0.3) is 5.91 Å². The predicted octanol–water partition coefficient (Wildman–Crippen LogP) is 2.33. The fourth-order valence-electron chi connectivity index (χ4n) is 2.61. The number of amides is 1. The van der Waals surface area contributed by atoms with Crippen LogP contribution in [-0.2, 0) is 0 Å². The SMILES string of the molecule is O=C(NC1CCCCC1)c1ccnc(-n2ccnc2)c1. The van der Waals surface area contributed by atoms with Crippen molar-refractivity contribution in [1.29, 1.82) is 0 Å². The molecule has 3 rings (SSSR count). The van der Waals surface area contributed by atoms with E-state index in [-0.39, 0.29) is 5.91 Å². The summed E-state index contributed by atoms with van der Waals surface area (Å²) < 4.78 is 1.79. The Morgan fingerprint density at radius 1 is 1.25 bits per heavy atom. The Morgan fingerprint density at radius 2 is 2.10 bits per heavy atom. The molecule has 20 heavy (non-hydrogen) atoms. The number of nitrogens with one attached hydrogen (secondary N) is 1. The summed E-state index contributed by atoms with van der Waals surface area (Å²) in [6, 6.07) is 3.86. The lowest BCUT2D eigenvalue weighted by Crippen LogP contribution is -2.36. The molecular weight excluding hydrogens is 252 g/mol. The summed E-state index contributed by atoms with van der Waals surface area (Å²) in [6.07, 6.45) is 12.7. The fraction of sp³-hybridized carbons (Fsp3) is 0.400. The van der Waals surface area contributed by atoms with Crippen LogP contribution in [-0.4, -0.2) is 26.5 Å². The summed E-state index contributed by atoms with van der Waals surface area (Å²) in [6.45, 7) is 0. The second-order valence-electron chi connectivity index (χ2n) is 5.18. The van der Waals surface area contributed by atoms with Crippen LogP contribution in [0.5, 0.6) is 0 Å². The van der Waals surface area contributed by atoms with E-state index in [9.17, 15) is 4.79 Å². The van der Waals surface area contributed by atoms with Crippen LogP contribution in [0.2, 0.25) is 0 Å². The van der Waals surface area contributed by atoms with Gasteiger partial charge in [0.2, 0.25) is 0 Å². The number of nitrogens with zero attached hydrogens (tertiary/aromatic N) is 3. The number of carbonyl (C=O) groups is 1. The normalized spacial score (nSPS) is 16.0. The monoisotopic (exact) mass is 270 g/mol. The summed E-state index contributed by atoms with van der Waals surface area (Å²) >= 11 is 0. The second kappa shape index (κ2) is 5.86. The van der Waals surface area contributed by atoms with Crippen molar-refractivity contribution in [3.63, 3.8) is 0 Å². The molecule has 0 spiro atoms. The summed E-state index contributed by atoms with van der Waals surface area (Å²) in [5, 5.41) is 3.12. The Kier molecular flexibility index (Phi) is 3.76. The average molecular weight is 270 g/mol. The van der Waals surface area contributed by atoms with E-state index in [4.69, 9.17) is 0 Å². The molecule has 0 unspecified atom stereocenters. The van der Waals surface area contributed by atoms with Crippen LogP contribution >= 0.6 is 0 Å². The molecule has 0 aliphatic heterocycles. The van der Waals surface area contributed by atoms with Gasteiger partial charge in [-0.15, -0.1) is 0 Å². The van der Waals surface area contributed by atoms with Crippen LogP contribution in [0, 0.1) is 0 Å². The number of rotatable bonds is 3. The molecule has 104 valence electrons. The van der Waals surface area contributed by atoms with Gasteiger partial charge in [-0.3, -0.25) is 9.36 Å². The van der Waals surface area contributed by atoms with Gasteiger partial charge in [-0.2, -0.15) is 0 Å². The highest BCUT2D eigenvalue weighted by atomic mass is 16.1. The van der Waals surface area contributed by atoms with Crippen LogP contribution in [0.1, 0.15) is 42.5 Å². The van der Waals surface area contributed by atoms with Crippen LogP contribution in [0.25, 0.3) is 5.82 Å². The maximum absolute atomic E-state index is 12.3. The summed E-state index contributed by atoms with van der Waals surface area (Å²) in [4.78, 5) is 20.5. The van der Waals surface area contributed by atoms with E-state index in [2.05, 4.69) is 15.3 Å². The van der Waals surface area contributed by atoms with E-state index >= 15 is 0 Å². The van der Waals surface area contributed by atoms with E-state index in [1.807, 2.05) is 6.20 Å². The zero-order valence-electron chi connectivity index (χ0n) is 11.3. The summed E-state index contributed by atoms with van der Waals surface area (Å²) in [7, 11) is 0. The van der Waals surface area contributed by atoms with Crippen molar-refractivity contribution in [2.45, 2.75) is 38.1 Å². The molecule has 0 bridgehead atoms. The topological polar surface area (TPSA) is 59.8 Å². The quantitative estimate of drug-likeness (QED) is 0.931. The molecule has 2 aromatic rings. The van der Waals surface area contributed by atoms with E-state index < -0.39 is 0 Å². The molecule has 0 atom stereocenters. The lowest BCUT2D eigenvalue weighted by atomic mass is 9.95. The first-order chi connectivity index (χ1) is 9.83. The highest BCUT2D eigenvalue weighted by molar-refractivity contribution is 5.94. The van der Waals surface area contributed by atoms with Gasteiger partial charge in [-0.05, 0) is 25.0 Å². The molecule has 1 aliphatic carbocycles. The zero-order chi connectivity index (χ0) is 13.8. The number of carbonyl (C=O) groups excluding carboxylic acids is 1. The van der Waals surface area contributed by atoms with Crippen molar-refractivity contribution in [2.24, 2.45) is 0 Å². The van der Waals surface area contributed by atoms with E-state index in [0.29, 0.717) is 17.4 Å². The molecular formula is C15H18N4O. The number of hydrogen-bond donors (Lipinski definition) is 1. The molecule has 0 saturated heterocycles. The minimum Gasteiger partial charge on any atom is -0.349 e. The lowest BCUT2D eigenvalue weighted by molar-refractivity contribution is 0.0927. The summed E-state index contributed by atoms with van der Waals surface area (Å²) in [5.41, 5.74) is 0.647.